The topological polar surface area (TPSA) is 17.1 Å². The summed E-state index contributed by atoms with van der Waals surface area (Å²) in [5, 5.41) is 0. The molecule has 0 aromatic heterocycles. The molecule has 0 aromatic rings. The fraction of sp³-hybridized carbons (Fsp3) is 0.533. The van der Waals surface area contributed by atoms with Crippen LogP contribution in [0, 0.1) is 5.92 Å². The van der Waals surface area contributed by atoms with Crippen LogP contribution in [0.1, 0.15) is 46.0 Å². The van der Waals surface area contributed by atoms with Gasteiger partial charge in [0, 0.05) is 0 Å². The smallest absolute Gasteiger partial charge is 0.145 e. The Balaban J connectivity index is 2.74. The van der Waals surface area contributed by atoms with Crippen LogP contribution in [0.15, 0.2) is 35.5 Å². The van der Waals surface area contributed by atoms with Crippen LogP contribution in [0.2, 0.25) is 0 Å². The third-order valence-corrected chi connectivity index (χ3v) is 3.35. The fourth-order valence-corrected chi connectivity index (χ4v) is 2.05. The first kappa shape index (κ1) is 13.0. The zero-order valence-electron chi connectivity index (χ0n) is 10.5. The predicted octanol–water partition coefficient (Wildman–Crippen LogP) is 4.21. The van der Waals surface area contributed by atoms with Crippen LogP contribution >= 0.6 is 0 Å². The molecule has 0 aromatic carbocycles. The van der Waals surface area contributed by atoms with Crippen molar-refractivity contribution in [3.05, 3.63) is 35.5 Å². The maximum atomic E-state index is 10.8. The Morgan fingerprint density at radius 2 is 2.00 bits per heavy atom. The zero-order chi connectivity index (χ0) is 12.0. The molecular formula is C15H22O. The predicted molar refractivity (Wildman–Crippen MR) is 69.3 cm³/mol. The van der Waals surface area contributed by atoms with Gasteiger partial charge in [0.2, 0.25) is 0 Å². The Labute approximate surface area is 98.9 Å². The summed E-state index contributed by atoms with van der Waals surface area (Å²) in [4.78, 5) is 10.8. The minimum Gasteiger partial charge on any atom is -0.298 e. The molecule has 1 nitrogen and oxygen atoms in total. The standard InChI is InChI=1S/C15H22O/c1-12-5-4-6-13(2)8-10-15(9-7-12)14(3)11-16/h5,8,11,15H,3-4,6-7,9-10H2,1-2H3/b12-5?,13-8+/t15-/m1/s1. The number of rotatable bonds is 2. The Morgan fingerprint density at radius 3 is 2.69 bits per heavy atom. The molecule has 0 fully saturated rings. The molecule has 16 heavy (non-hydrogen) atoms. The van der Waals surface area contributed by atoms with Gasteiger partial charge in [0.1, 0.15) is 6.29 Å². The number of carbonyl (C=O) groups excluding carboxylic acids is 1. The largest absolute Gasteiger partial charge is 0.298 e. The molecule has 0 saturated carbocycles. The molecule has 0 bridgehead atoms. The normalized spacial score (nSPS) is 26.2. The molecule has 0 unspecified atom stereocenters. The number of hydrogen-bond donors (Lipinski definition) is 0. The number of aldehydes is 1. The average molecular weight is 218 g/mol. The van der Waals surface area contributed by atoms with Crippen molar-refractivity contribution in [2.45, 2.75) is 46.0 Å². The van der Waals surface area contributed by atoms with Crippen LogP contribution in [0.25, 0.3) is 0 Å². The Kier molecular flexibility index (Phi) is 5.24. The highest BCUT2D eigenvalue weighted by molar-refractivity contribution is 5.72. The van der Waals surface area contributed by atoms with Crippen LogP contribution in [-0.4, -0.2) is 6.29 Å². The average Bonchev–Trinajstić information content (AvgIpc) is 2.28. The van der Waals surface area contributed by atoms with Gasteiger partial charge in [-0.2, -0.15) is 0 Å². The summed E-state index contributed by atoms with van der Waals surface area (Å²) in [7, 11) is 0. The first-order valence-corrected chi connectivity index (χ1v) is 6.08. The van der Waals surface area contributed by atoms with E-state index in [2.05, 4.69) is 32.6 Å². The Bertz CT molecular complexity index is 320. The van der Waals surface area contributed by atoms with E-state index in [9.17, 15) is 4.79 Å². The molecule has 0 heterocycles. The van der Waals surface area contributed by atoms with Gasteiger partial charge in [0.15, 0.2) is 0 Å². The van der Waals surface area contributed by atoms with Gasteiger partial charge in [-0.25, -0.2) is 0 Å². The summed E-state index contributed by atoms with van der Waals surface area (Å²) in [6.07, 6.45) is 10.9. The summed E-state index contributed by atoms with van der Waals surface area (Å²) in [6, 6.07) is 0. The van der Waals surface area contributed by atoms with E-state index >= 15 is 0 Å². The lowest BCUT2D eigenvalue weighted by Crippen LogP contribution is -2.05. The molecule has 0 spiro atoms. The maximum absolute atomic E-state index is 10.8. The van der Waals surface area contributed by atoms with Crippen LogP contribution in [0.5, 0.6) is 0 Å². The molecule has 1 atom stereocenters. The van der Waals surface area contributed by atoms with Gasteiger partial charge >= 0.3 is 0 Å². The van der Waals surface area contributed by atoms with Gasteiger partial charge in [-0.05, 0) is 57.4 Å². The lowest BCUT2D eigenvalue weighted by molar-refractivity contribution is -0.105. The highest BCUT2D eigenvalue weighted by Gasteiger charge is 2.12. The van der Waals surface area contributed by atoms with E-state index < -0.39 is 0 Å². The van der Waals surface area contributed by atoms with Gasteiger partial charge < -0.3 is 0 Å². The first-order valence-electron chi connectivity index (χ1n) is 6.08. The second-order valence-electron chi connectivity index (χ2n) is 4.80. The molecular weight excluding hydrogens is 196 g/mol. The molecule has 1 aliphatic carbocycles. The van der Waals surface area contributed by atoms with E-state index in [0.717, 1.165) is 44.0 Å². The molecule has 1 rings (SSSR count). The third kappa shape index (κ3) is 4.18. The summed E-state index contributed by atoms with van der Waals surface area (Å²) in [5.41, 5.74) is 3.62. The van der Waals surface area contributed by atoms with E-state index in [0.29, 0.717) is 5.92 Å². The second-order valence-corrected chi connectivity index (χ2v) is 4.80. The van der Waals surface area contributed by atoms with Crippen molar-refractivity contribution in [2.75, 3.05) is 0 Å². The van der Waals surface area contributed by atoms with Crippen molar-refractivity contribution in [3.63, 3.8) is 0 Å². The molecule has 0 amide bonds. The van der Waals surface area contributed by atoms with E-state index in [1.807, 2.05) is 0 Å². The van der Waals surface area contributed by atoms with Gasteiger partial charge in [-0.3, -0.25) is 4.79 Å². The Morgan fingerprint density at radius 1 is 1.31 bits per heavy atom. The molecule has 0 aliphatic heterocycles. The number of carbonyl (C=O) groups is 1. The summed E-state index contributed by atoms with van der Waals surface area (Å²) in [5.74, 6) is 0.328. The van der Waals surface area contributed by atoms with Crippen LogP contribution in [0.3, 0.4) is 0 Å². The zero-order valence-corrected chi connectivity index (χ0v) is 10.5. The van der Waals surface area contributed by atoms with E-state index in [1.165, 1.54) is 11.1 Å². The molecule has 1 aliphatic rings. The van der Waals surface area contributed by atoms with Crippen molar-refractivity contribution in [1.82, 2.24) is 0 Å². The minimum absolute atomic E-state index is 0.328. The lowest BCUT2D eigenvalue weighted by Gasteiger charge is -2.16. The van der Waals surface area contributed by atoms with E-state index in [-0.39, 0.29) is 0 Å². The molecule has 0 saturated heterocycles. The van der Waals surface area contributed by atoms with Crippen molar-refractivity contribution in [3.8, 4) is 0 Å². The third-order valence-electron chi connectivity index (χ3n) is 3.35. The molecule has 88 valence electrons. The SMILES string of the molecule is C=C(C=O)[C@H]1C/C=C(\C)CCC=C(C)CC1. The minimum atomic E-state index is 0.328. The molecule has 0 radical (unpaired) electrons. The number of hydrogen-bond acceptors (Lipinski definition) is 1. The van der Waals surface area contributed by atoms with Gasteiger partial charge in [0.05, 0.1) is 0 Å². The quantitative estimate of drug-likeness (QED) is 0.385. The summed E-state index contributed by atoms with van der Waals surface area (Å²) < 4.78 is 0. The van der Waals surface area contributed by atoms with Crippen molar-refractivity contribution < 1.29 is 4.79 Å². The summed E-state index contributed by atoms with van der Waals surface area (Å²) >= 11 is 0. The second kappa shape index (κ2) is 6.47. The maximum Gasteiger partial charge on any atom is 0.145 e. The van der Waals surface area contributed by atoms with Crippen LogP contribution < -0.4 is 0 Å². The highest BCUT2D eigenvalue weighted by atomic mass is 16.1. The Hall–Kier alpha value is -1.11. The van der Waals surface area contributed by atoms with Crippen molar-refractivity contribution in [1.29, 1.82) is 0 Å². The van der Waals surface area contributed by atoms with Gasteiger partial charge in [-0.1, -0.05) is 29.9 Å². The lowest BCUT2D eigenvalue weighted by atomic mass is 9.89. The molecule has 1 heteroatoms. The van der Waals surface area contributed by atoms with Crippen LogP contribution in [-0.2, 0) is 4.79 Å². The fourth-order valence-electron chi connectivity index (χ4n) is 2.05. The van der Waals surface area contributed by atoms with Gasteiger partial charge in [-0.15, -0.1) is 0 Å². The number of allylic oxidation sites excluding steroid dienone is 5. The first-order chi connectivity index (χ1) is 7.63. The highest BCUT2D eigenvalue weighted by Crippen LogP contribution is 2.24. The van der Waals surface area contributed by atoms with Crippen LogP contribution in [0.4, 0.5) is 0 Å². The van der Waals surface area contributed by atoms with Crippen molar-refractivity contribution >= 4 is 6.29 Å². The monoisotopic (exact) mass is 218 g/mol. The van der Waals surface area contributed by atoms with Crippen molar-refractivity contribution in [2.24, 2.45) is 5.92 Å². The summed E-state index contributed by atoms with van der Waals surface area (Å²) in [6.45, 7) is 8.21. The molecule has 0 N–H and O–H groups in total. The van der Waals surface area contributed by atoms with E-state index in [4.69, 9.17) is 0 Å². The van der Waals surface area contributed by atoms with E-state index in [1.54, 1.807) is 0 Å². The van der Waals surface area contributed by atoms with Gasteiger partial charge in [0.25, 0.3) is 0 Å².